The molecule has 1 saturated carbocycles. The van der Waals surface area contributed by atoms with Crippen LogP contribution in [0.25, 0.3) is 6.08 Å². The van der Waals surface area contributed by atoms with Gasteiger partial charge in [-0.15, -0.1) is 0 Å². The van der Waals surface area contributed by atoms with E-state index in [0.717, 1.165) is 52.1 Å². The van der Waals surface area contributed by atoms with Gasteiger partial charge in [0.25, 0.3) is 17.7 Å². The van der Waals surface area contributed by atoms with Gasteiger partial charge in [-0.25, -0.2) is 9.91 Å². The van der Waals surface area contributed by atoms with E-state index >= 15 is 0 Å². The Labute approximate surface area is 260 Å². The molecular formula is C34H31ClN6O3. The van der Waals surface area contributed by atoms with Crippen LogP contribution in [0.1, 0.15) is 47.6 Å². The van der Waals surface area contributed by atoms with E-state index < -0.39 is 23.9 Å². The Morgan fingerprint density at radius 3 is 2.30 bits per heavy atom. The molecule has 3 amide bonds. The highest BCUT2D eigenvalue weighted by molar-refractivity contribution is 6.31. The summed E-state index contributed by atoms with van der Waals surface area (Å²) in [6, 6.07) is 20.8. The van der Waals surface area contributed by atoms with Gasteiger partial charge < -0.3 is 0 Å². The maximum Gasteiger partial charge on any atom is 0.264 e. The molecule has 4 aliphatic rings. The molecule has 44 heavy (non-hydrogen) atoms. The largest absolute Gasteiger partial charge is 0.271 e. The van der Waals surface area contributed by atoms with Crippen molar-refractivity contribution in [2.24, 2.45) is 21.4 Å². The van der Waals surface area contributed by atoms with E-state index in [1.54, 1.807) is 29.3 Å². The summed E-state index contributed by atoms with van der Waals surface area (Å²) in [7, 11) is 0. The quantitative estimate of drug-likeness (QED) is 0.329. The normalized spacial score (nSPS) is 25.1. The first-order valence-electron chi connectivity index (χ1n) is 14.8. The number of benzene rings is 3. The molecule has 3 aromatic carbocycles. The van der Waals surface area contributed by atoms with Crippen molar-refractivity contribution in [3.63, 3.8) is 0 Å². The molecule has 0 aromatic heterocycles. The van der Waals surface area contributed by atoms with Crippen LogP contribution in [0.2, 0.25) is 5.02 Å². The zero-order chi connectivity index (χ0) is 30.5. The molecule has 3 aromatic rings. The lowest BCUT2D eigenvalue weighted by Gasteiger charge is -2.30. The maximum atomic E-state index is 14.1. The van der Waals surface area contributed by atoms with Gasteiger partial charge in [-0.1, -0.05) is 76.5 Å². The Morgan fingerprint density at radius 1 is 0.909 bits per heavy atom. The fourth-order valence-corrected chi connectivity index (χ4v) is 6.70. The highest BCUT2D eigenvalue weighted by atomic mass is 35.5. The fraction of sp³-hybridized carbons (Fsp3) is 0.294. The van der Waals surface area contributed by atoms with Crippen LogP contribution in [-0.4, -0.2) is 52.1 Å². The van der Waals surface area contributed by atoms with Crippen LogP contribution in [0.3, 0.4) is 0 Å². The van der Waals surface area contributed by atoms with E-state index in [9.17, 15) is 14.4 Å². The third-order valence-corrected chi connectivity index (χ3v) is 9.09. The Kier molecular flexibility index (Phi) is 7.13. The SMILES string of the molecule is Cc1ccc(C=C2CCCC3C2=NN(C(=O)CN2N=NC4C(=O)N(c5ccc(Cl)cc5)C(=O)C42)C3c2ccc(C)cc2)cc1. The van der Waals surface area contributed by atoms with Gasteiger partial charge in [0.1, 0.15) is 6.54 Å². The van der Waals surface area contributed by atoms with Crippen LogP contribution in [0.4, 0.5) is 5.69 Å². The van der Waals surface area contributed by atoms with Gasteiger partial charge in [-0.05, 0) is 80.2 Å². The van der Waals surface area contributed by atoms with Crippen LogP contribution in [0, 0.1) is 19.8 Å². The lowest BCUT2D eigenvalue weighted by Crippen LogP contribution is -2.45. The van der Waals surface area contributed by atoms with E-state index in [4.69, 9.17) is 16.7 Å². The van der Waals surface area contributed by atoms with Crippen molar-refractivity contribution in [2.75, 3.05) is 11.4 Å². The van der Waals surface area contributed by atoms with E-state index in [2.05, 4.69) is 71.9 Å². The monoisotopic (exact) mass is 606 g/mol. The highest BCUT2D eigenvalue weighted by Gasteiger charge is 2.55. The number of hydrogen-bond donors (Lipinski definition) is 0. The lowest BCUT2D eigenvalue weighted by atomic mass is 9.77. The fourth-order valence-electron chi connectivity index (χ4n) is 6.58. The third kappa shape index (κ3) is 4.91. The number of carbonyl (C=O) groups excluding carboxylic acids is 3. The van der Waals surface area contributed by atoms with Crippen molar-refractivity contribution in [1.82, 2.24) is 10.0 Å². The molecule has 4 atom stereocenters. The summed E-state index contributed by atoms with van der Waals surface area (Å²) in [5.41, 5.74) is 6.90. The molecule has 0 bridgehead atoms. The van der Waals surface area contributed by atoms with Crippen LogP contribution >= 0.6 is 11.6 Å². The first kappa shape index (κ1) is 28.2. The second-order valence-electron chi connectivity index (χ2n) is 11.8. The Morgan fingerprint density at radius 2 is 1.59 bits per heavy atom. The Bertz CT molecular complexity index is 1730. The van der Waals surface area contributed by atoms with Gasteiger partial charge in [0.05, 0.1) is 17.4 Å². The topological polar surface area (TPSA) is 98.0 Å². The summed E-state index contributed by atoms with van der Waals surface area (Å²) < 4.78 is 0. The van der Waals surface area contributed by atoms with E-state index in [1.807, 2.05) is 6.92 Å². The molecule has 3 aliphatic heterocycles. The molecule has 10 heteroatoms. The molecule has 1 saturated heterocycles. The molecule has 4 unspecified atom stereocenters. The number of fused-ring (bicyclic) bond motifs is 2. The van der Waals surface area contributed by atoms with Gasteiger partial charge in [0.2, 0.25) is 0 Å². The Balaban J connectivity index is 1.18. The zero-order valence-electron chi connectivity index (χ0n) is 24.4. The molecule has 0 radical (unpaired) electrons. The molecular weight excluding hydrogens is 576 g/mol. The molecule has 222 valence electrons. The number of allylic oxidation sites excluding steroid dienone is 1. The number of halogens is 1. The summed E-state index contributed by atoms with van der Waals surface area (Å²) in [5, 5.41) is 16.6. The minimum Gasteiger partial charge on any atom is -0.271 e. The van der Waals surface area contributed by atoms with Crippen molar-refractivity contribution in [2.45, 2.75) is 51.2 Å². The van der Waals surface area contributed by atoms with Crippen molar-refractivity contribution < 1.29 is 14.4 Å². The summed E-state index contributed by atoms with van der Waals surface area (Å²) in [5.74, 6) is -1.22. The summed E-state index contributed by atoms with van der Waals surface area (Å²) in [4.78, 5) is 41.9. The van der Waals surface area contributed by atoms with Gasteiger partial charge in [0.15, 0.2) is 12.1 Å². The van der Waals surface area contributed by atoms with Crippen LogP contribution in [0.5, 0.6) is 0 Å². The third-order valence-electron chi connectivity index (χ3n) is 8.83. The molecule has 7 rings (SSSR count). The summed E-state index contributed by atoms with van der Waals surface area (Å²) >= 11 is 6.01. The molecule has 0 spiro atoms. The highest BCUT2D eigenvalue weighted by Crippen LogP contribution is 2.45. The molecule has 1 aliphatic carbocycles. The van der Waals surface area contributed by atoms with Crippen LogP contribution < -0.4 is 4.90 Å². The molecule has 0 N–H and O–H groups in total. The molecule has 9 nitrogen and oxygen atoms in total. The van der Waals surface area contributed by atoms with Gasteiger partial charge in [-0.3, -0.25) is 19.4 Å². The van der Waals surface area contributed by atoms with E-state index in [1.165, 1.54) is 10.6 Å². The average Bonchev–Trinajstić information content (AvgIpc) is 3.69. The minimum atomic E-state index is -1.00. The maximum absolute atomic E-state index is 14.1. The number of rotatable bonds is 5. The molecule has 2 fully saturated rings. The lowest BCUT2D eigenvalue weighted by molar-refractivity contribution is -0.136. The zero-order valence-corrected chi connectivity index (χ0v) is 25.2. The van der Waals surface area contributed by atoms with Gasteiger partial charge in [0, 0.05) is 10.9 Å². The second kappa shape index (κ2) is 11.1. The smallest absolute Gasteiger partial charge is 0.264 e. The first-order valence-corrected chi connectivity index (χ1v) is 15.2. The second-order valence-corrected chi connectivity index (χ2v) is 12.3. The number of imide groups is 1. The van der Waals surface area contributed by atoms with Crippen molar-refractivity contribution in [3.05, 3.63) is 106 Å². The number of nitrogens with zero attached hydrogens (tertiary/aromatic N) is 6. The predicted molar refractivity (Wildman–Crippen MR) is 168 cm³/mol. The summed E-state index contributed by atoms with van der Waals surface area (Å²) in [6.45, 7) is 3.87. The predicted octanol–water partition coefficient (Wildman–Crippen LogP) is 6.07. The van der Waals surface area contributed by atoms with Crippen molar-refractivity contribution in [1.29, 1.82) is 0 Å². The molecule has 3 heterocycles. The first-order chi connectivity index (χ1) is 21.3. The van der Waals surface area contributed by atoms with E-state index in [-0.39, 0.29) is 24.4 Å². The number of anilines is 1. The van der Waals surface area contributed by atoms with Gasteiger partial charge >= 0.3 is 0 Å². The summed E-state index contributed by atoms with van der Waals surface area (Å²) in [6.07, 6.45) is 4.96. The van der Waals surface area contributed by atoms with E-state index in [0.29, 0.717) is 10.7 Å². The number of hydrogen-bond acceptors (Lipinski definition) is 7. The number of aryl methyl sites for hydroxylation is 2. The van der Waals surface area contributed by atoms with Crippen molar-refractivity contribution in [3.8, 4) is 0 Å². The average molecular weight is 607 g/mol. The standard InChI is InChI=1S/C34H31ClN6O3/c1-20-6-10-22(11-7-20)18-24-4-3-5-27-29(24)37-41(31(27)23-12-8-21(2)9-13-23)28(42)19-39-32-30(36-38-39)33(43)40(34(32)44)26-16-14-25(35)15-17-26/h6-18,27,30-32H,3-5,19H2,1-2H3. The van der Waals surface area contributed by atoms with Crippen molar-refractivity contribution >= 4 is 46.8 Å². The minimum absolute atomic E-state index is 0.0372. The van der Waals surface area contributed by atoms with Crippen LogP contribution in [-0.2, 0) is 14.4 Å². The van der Waals surface area contributed by atoms with Crippen LogP contribution in [0.15, 0.2) is 93.8 Å². The van der Waals surface area contributed by atoms with Gasteiger partial charge in [-0.2, -0.15) is 10.2 Å². The number of carbonyl (C=O) groups is 3. The number of hydrazone groups is 1. The number of amides is 3. The Hall–Kier alpha value is -4.63.